The molecule has 19 heavy (non-hydrogen) atoms. The van der Waals surface area contributed by atoms with Crippen LogP contribution in [0, 0.1) is 0 Å². The summed E-state index contributed by atoms with van der Waals surface area (Å²) in [6.45, 7) is 13.6. The fourth-order valence-corrected chi connectivity index (χ4v) is 3.55. The Labute approximate surface area is 118 Å². The molecular formula is C15H26N2OSi. The fourth-order valence-electron chi connectivity index (χ4n) is 2.17. The van der Waals surface area contributed by atoms with Gasteiger partial charge in [-0.1, -0.05) is 26.8 Å². The molecule has 106 valence electrons. The monoisotopic (exact) mass is 278 g/mol. The maximum absolute atomic E-state index is 6.48. The third-order valence-electron chi connectivity index (χ3n) is 4.39. The first kappa shape index (κ1) is 14.5. The molecule has 1 aliphatic heterocycles. The maximum Gasteiger partial charge on any atom is 0.192 e. The maximum atomic E-state index is 6.48. The van der Waals surface area contributed by atoms with E-state index < -0.39 is 8.32 Å². The average Bonchev–Trinajstić information content (AvgIpc) is 2.76. The van der Waals surface area contributed by atoms with Gasteiger partial charge in [-0.3, -0.25) is 0 Å². The van der Waals surface area contributed by atoms with Crippen molar-refractivity contribution >= 4 is 14.1 Å². The lowest BCUT2D eigenvalue weighted by Gasteiger charge is -2.38. The molecule has 1 atom stereocenters. The van der Waals surface area contributed by atoms with Crippen LogP contribution in [0.25, 0.3) is 0 Å². The summed E-state index contributed by atoms with van der Waals surface area (Å²) < 4.78 is 6.48. The van der Waals surface area contributed by atoms with Crippen molar-refractivity contribution in [3.63, 3.8) is 0 Å². The van der Waals surface area contributed by atoms with E-state index in [1.165, 1.54) is 0 Å². The minimum absolute atomic E-state index is 0.283. The minimum Gasteiger partial charge on any atom is -0.412 e. The number of anilines is 1. The molecule has 0 aromatic carbocycles. The van der Waals surface area contributed by atoms with Crippen molar-refractivity contribution in [2.45, 2.75) is 51.4 Å². The van der Waals surface area contributed by atoms with Crippen LogP contribution in [0.3, 0.4) is 0 Å². The molecule has 4 heteroatoms. The number of rotatable bonds is 3. The summed E-state index contributed by atoms with van der Waals surface area (Å²) in [4.78, 5) is 6.75. The third-order valence-corrected chi connectivity index (χ3v) is 8.92. The molecule has 3 nitrogen and oxygen atoms in total. The van der Waals surface area contributed by atoms with Gasteiger partial charge in [-0.05, 0) is 36.7 Å². The molecule has 1 fully saturated rings. The van der Waals surface area contributed by atoms with E-state index in [-0.39, 0.29) is 5.04 Å². The summed E-state index contributed by atoms with van der Waals surface area (Å²) in [5.41, 5.74) is 0. The zero-order valence-electron chi connectivity index (χ0n) is 12.8. The summed E-state index contributed by atoms with van der Waals surface area (Å²) in [5, 5.41) is 0.283. The van der Waals surface area contributed by atoms with Crippen molar-refractivity contribution < 1.29 is 4.43 Å². The number of pyridine rings is 1. The Morgan fingerprint density at radius 2 is 2.05 bits per heavy atom. The van der Waals surface area contributed by atoms with Crippen LogP contribution >= 0.6 is 0 Å². The van der Waals surface area contributed by atoms with Crippen LogP contribution in [0.15, 0.2) is 24.4 Å². The van der Waals surface area contributed by atoms with Gasteiger partial charge in [0, 0.05) is 19.3 Å². The molecule has 0 aliphatic carbocycles. The quantitative estimate of drug-likeness (QED) is 0.789. The van der Waals surface area contributed by atoms with Crippen LogP contribution in [0.2, 0.25) is 18.1 Å². The molecule has 2 rings (SSSR count). The first-order chi connectivity index (χ1) is 8.79. The summed E-state index contributed by atoms with van der Waals surface area (Å²) in [5.74, 6) is 1.07. The van der Waals surface area contributed by atoms with E-state index in [0.717, 1.165) is 25.3 Å². The van der Waals surface area contributed by atoms with Gasteiger partial charge >= 0.3 is 0 Å². The van der Waals surface area contributed by atoms with Crippen LogP contribution in [-0.2, 0) is 4.43 Å². The number of aromatic nitrogens is 1. The predicted octanol–water partition coefficient (Wildman–Crippen LogP) is 3.68. The molecule has 1 aliphatic rings. The Kier molecular flexibility index (Phi) is 4.02. The second kappa shape index (κ2) is 5.25. The molecule has 1 aromatic heterocycles. The predicted molar refractivity (Wildman–Crippen MR) is 83.1 cm³/mol. The largest absolute Gasteiger partial charge is 0.412 e. The molecule has 0 saturated carbocycles. The Balaban J connectivity index is 1.96. The van der Waals surface area contributed by atoms with E-state index in [4.69, 9.17) is 4.43 Å². The highest BCUT2D eigenvalue weighted by molar-refractivity contribution is 6.74. The molecule has 0 radical (unpaired) electrons. The minimum atomic E-state index is -1.65. The standard InChI is InChI=1S/C15H26N2OSi/c1-15(2,3)19(4,5)18-13-9-11-17(12-13)14-8-6-7-10-16-14/h6-8,10,13H,9,11-12H2,1-5H3/t13-/m0/s1. The van der Waals surface area contributed by atoms with Gasteiger partial charge in [-0.2, -0.15) is 0 Å². The van der Waals surface area contributed by atoms with Crippen molar-refractivity contribution in [1.82, 2.24) is 4.98 Å². The van der Waals surface area contributed by atoms with Crippen molar-refractivity contribution in [1.29, 1.82) is 0 Å². The van der Waals surface area contributed by atoms with E-state index in [0.29, 0.717) is 6.10 Å². The van der Waals surface area contributed by atoms with Gasteiger partial charge < -0.3 is 9.33 Å². The number of hydrogen-bond acceptors (Lipinski definition) is 3. The second-order valence-corrected chi connectivity index (χ2v) is 11.7. The highest BCUT2D eigenvalue weighted by atomic mass is 28.4. The Morgan fingerprint density at radius 1 is 1.32 bits per heavy atom. The Morgan fingerprint density at radius 3 is 2.63 bits per heavy atom. The summed E-state index contributed by atoms with van der Waals surface area (Å²) in [7, 11) is -1.65. The molecule has 0 spiro atoms. The molecule has 0 amide bonds. The zero-order valence-corrected chi connectivity index (χ0v) is 13.8. The van der Waals surface area contributed by atoms with E-state index >= 15 is 0 Å². The van der Waals surface area contributed by atoms with Crippen molar-refractivity contribution in [2.75, 3.05) is 18.0 Å². The van der Waals surface area contributed by atoms with Crippen LogP contribution < -0.4 is 4.90 Å². The summed E-state index contributed by atoms with van der Waals surface area (Å²) >= 11 is 0. The number of hydrogen-bond donors (Lipinski definition) is 0. The highest BCUT2D eigenvalue weighted by Gasteiger charge is 2.40. The highest BCUT2D eigenvalue weighted by Crippen LogP contribution is 2.38. The molecule has 0 bridgehead atoms. The lowest BCUT2D eigenvalue weighted by molar-refractivity contribution is 0.202. The topological polar surface area (TPSA) is 25.4 Å². The fraction of sp³-hybridized carbons (Fsp3) is 0.667. The van der Waals surface area contributed by atoms with Crippen molar-refractivity contribution in [2.24, 2.45) is 0 Å². The van der Waals surface area contributed by atoms with Crippen LogP contribution in [-0.4, -0.2) is 32.5 Å². The van der Waals surface area contributed by atoms with Gasteiger partial charge in [0.15, 0.2) is 8.32 Å². The average molecular weight is 278 g/mol. The molecule has 1 aromatic rings. The third kappa shape index (κ3) is 3.36. The van der Waals surface area contributed by atoms with Gasteiger partial charge in [0.2, 0.25) is 0 Å². The Hall–Kier alpha value is -0.873. The van der Waals surface area contributed by atoms with E-state index in [1.54, 1.807) is 0 Å². The lowest BCUT2D eigenvalue weighted by atomic mass is 10.2. The molecule has 1 saturated heterocycles. The summed E-state index contributed by atoms with van der Waals surface area (Å²) in [6, 6.07) is 6.09. The van der Waals surface area contributed by atoms with Gasteiger partial charge in [0.1, 0.15) is 5.82 Å². The first-order valence-electron chi connectivity index (χ1n) is 7.13. The van der Waals surface area contributed by atoms with E-state index in [2.05, 4.69) is 49.8 Å². The second-order valence-electron chi connectivity index (χ2n) is 6.92. The van der Waals surface area contributed by atoms with Crippen LogP contribution in [0.1, 0.15) is 27.2 Å². The van der Waals surface area contributed by atoms with Crippen molar-refractivity contribution in [3.8, 4) is 0 Å². The molecule has 0 N–H and O–H groups in total. The van der Waals surface area contributed by atoms with E-state index in [1.807, 2.05) is 18.3 Å². The smallest absolute Gasteiger partial charge is 0.192 e. The molecular weight excluding hydrogens is 252 g/mol. The zero-order chi connectivity index (χ0) is 14.1. The SMILES string of the molecule is CC(C)(C)[Si](C)(C)O[C@H]1CCN(c2ccccn2)C1. The van der Waals surface area contributed by atoms with Crippen LogP contribution in [0.4, 0.5) is 5.82 Å². The van der Waals surface area contributed by atoms with Crippen LogP contribution in [0.5, 0.6) is 0 Å². The molecule has 2 heterocycles. The van der Waals surface area contributed by atoms with Gasteiger partial charge in [0.25, 0.3) is 0 Å². The van der Waals surface area contributed by atoms with Gasteiger partial charge in [0.05, 0.1) is 6.10 Å². The Bertz CT molecular complexity index is 414. The normalized spacial score (nSPS) is 20.9. The van der Waals surface area contributed by atoms with E-state index in [9.17, 15) is 0 Å². The first-order valence-corrected chi connectivity index (χ1v) is 10.0. The van der Waals surface area contributed by atoms with Gasteiger partial charge in [-0.25, -0.2) is 4.98 Å². The number of nitrogens with zero attached hydrogens (tertiary/aromatic N) is 2. The summed E-state index contributed by atoms with van der Waals surface area (Å²) in [6.07, 6.45) is 3.34. The molecule has 0 unspecified atom stereocenters. The lowest BCUT2D eigenvalue weighted by Crippen LogP contribution is -2.44. The van der Waals surface area contributed by atoms with Gasteiger partial charge in [-0.15, -0.1) is 0 Å². The van der Waals surface area contributed by atoms with Crippen molar-refractivity contribution in [3.05, 3.63) is 24.4 Å².